The van der Waals surface area contributed by atoms with Crippen molar-refractivity contribution in [1.82, 2.24) is 0 Å². The van der Waals surface area contributed by atoms with Crippen LogP contribution >= 0.6 is 0 Å². The van der Waals surface area contributed by atoms with Gasteiger partial charge in [-0.2, -0.15) is 0 Å². The number of fused-ring (bicyclic) bond motifs is 4. The molecule has 0 radical (unpaired) electrons. The Hall–Kier alpha value is -0.300. The summed E-state index contributed by atoms with van der Waals surface area (Å²) in [6.45, 7) is 12.6. The van der Waals surface area contributed by atoms with E-state index in [9.17, 15) is 5.11 Å². The third-order valence-electron chi connectivity index (χ3n) is 10.2. The Labute approximate surface area is 174 Å². The van der Waals surface area contributed by atoms with E-state index in [0.29, 0.717) is 10.8 Å². The van der Waals surface area contributed by atoms with Crippen LogP contribution in [0.25, 0.3) is 0 Å². The van der Waals surface area contributed by atoms with E-state index in [0.717, 1.165) is 42.4 Å². The van der Waals surface area contributed by atoms with Crippen LogP contribution < -0.4 is 0 Å². The molecule has 1 N–H and O–H groups in total. The molecule has 0 aliphatic heterocycles. The summed E-state index contributed by atoms with van der Waals surface area (Å²) >= 11 is 0. The monoisotopic (exact) mass is 386 g/mol. The van der Waals surface area contributed by atoms with Crippen LogP contribution in [0.1, 0.15) is 112 Å². The molecule has 2 unspecified atom stereocenters. The second-order valence-electron chi connectivity index (χ2n) is 12.1. The van der Waals surface area contributed by atoms with Gasteiger partial charge in [0.15, 0.2) is 0 Å². The molecule has 2 saturated carbocycles. The molecule has 0 aromatic heterocycles. The van der Waals surface area contributed by atoms with E-state index < -0.39 is 0 Å². The summed E-state index contributed by atoms with van der Waals surface area (Å²) < 4.78 is 0. The first kappa shape index (κ1) is 21.0. The first-order chi connectivity index (χ1) is 13.3. The quantitative estimate of drug-likeness (QED) is 0.484. The van der Waals surface area contributed by atoms with Crippen LogP contribution in [0.3, 0.4) is 0 Å². The molecule has 0 aromatic carbocycles. The van der Waals surface area contributed by atoms with Gasteiger partial charge in [0, 0.05) is 0 Å². The van der Waals surface area contributed by atoms with Crippen LogP contribution in [-0.2, 0) is 0 Å². The highest BCUT2D eigenvalue weighted by Gasteiger charge is 2.55. The zero-order valence-electron chi connectivity index (χ0n) is 19.4. The Kier molecular flexibility index (Phi) is 5.80. The smallest absolute Gasteiger partial charge is 0.0543 e. The van der Waals surface area contributed by atoms with E-state index >= 15 is 0 Å². The van der Waals surface area contributed by atoms with Gasteiger partial charge in [0.2, 0.25) is 0 Å². The van der Waals surface area contributed by atoms with Crippen molar-refractivity contribution in [2.24, 2.45) is 40.4 Å². The Bertz CT molecular complexity index is 603. The Balaban J connectivity index is 1.52. The van der Waals surface area contributed by atoms with Crippen LogP contribution in [0, 0.1) is 40.4 Å². The topological polar surface area (TPSA) is 20.2 Å². The fraction of sp³-hybridized carbons (Fsp3) is 0.926. The van der Waals surface area contributed by atoms with Crippen molar-refractivity contribution < 1.29 is 5.11 Å². The van der Waals surface area contributed by atoms with Gasteiger partial charge in [0.25, 0.3) is 0 Å². The lowest BCUT2D eigenvalue weighted by Crippen LogP contribution is -2.45. The lowest BCUT2D eigenvalue weighted by molar-refractivity contribution is 0.0132. The van der Waals surface area contributed by atoms with Crippen molar-refractivity contribution in [2.75, 3.05) is 0 Å². The molecule has 0 aromatic rings. The van der Waals surface area contributed by atoms with E-state index in [4.69, 9.17) is 0 Å². The SMILES string of the molecule is CC(C)CCC[C@@H](C)[C@H]1CC[C@H]2C3=C(CC[C@]12C)[C@@]1(C)CCC(O)CC1CC3. The largest absolute Gasteiger partial charge is 0.393 e. The van der Waals surface area contributed by atoms with Gasteiger partial charge in [-0.05, 0) is 98.2 Å². The number of allylic oxidation sites excluding steroid dienone is 2. The average molecular weight is 387 g/mol. The van der Waals surface area contributed by atoms with Gasteiger partial charge in [0.1, 0.15) is 0 Å². The van der Waals surface area contributed by atoms with Crippen LogP contribution in [-0.4, -0.2) is 11.2 Å². The van der Waals surface area contributed by atoms with Crippen molar-refractivity contribution in [3.63, 3.8) is 0 Å². The third-order valence-corrected chi connectivity index (χ3v) is 10.2. The summed E-state index contributed by atoms with van der Waals surface area (Å²) in [5, 5.41) is 10.2. The molecule has 0 bridgehead atoms. The van der Waals surface area contributed by atoms with E-state index in [1.165, 1.54) is 64.2 Å². The van der Waals surface area contributed by atoms with E-state index in [2.05, 4.69) is 34.6 Å². The van der Waals surface area contributed by atoms with Crippen molar-refractivity contribution in [3.05, 3.63) is 11.1 Å². The highest BCUT2D eigenvalue weighted by Crippen LogP contribution is 2.66. The Morgan fingerprint density at radius 3 is 2.50 bits per heavy atom. The molecule has 4 rings (SSSR count). The van der Waals surface area contributed by atoms with Gasteiger partial charge in [-0.3, -0.25) is 0 Å². The summed E-state index contributed by atoms with van der Waals surface area (Å²) in [6.07, 6.45) is 16.0. The molecule has 4 aliphatic rings. The molecule has 0 saturated heterocycles. The summed E-state index contributed by atoms with van der Waals surface area (Å²) in [5.74, 6) is 4.31. The number of aliphatic hydroxyl groups is 1. The van der Waals surface area contributed by atoms with Crippen LogP contribution in [0.5, 0.6) is 0 Å². The summed E-state index contributed by atoms with van der Waals surface area (Å²) in [4.78, 5) is 0. The van der Waals surface area contributed by atoms with Gasteiger partial charge in [-0.15, -0.1) is 0 Å². The fourth-order valence-electron chi connectivity index (χ4n) is 8.46. The molecule has 7 atom stereocenters. The maximum atomic E-state index is 10.2. The molecule has 2 fully saturated rings. The second kappa shape index (κ2) is 7.75. The molecule has 4 aliphatic carbocycles. The lowest BCUT2D eigenvalue weighted by Gasteiger charge is -2.55. The zero-order valence-corrected chi connectivity index (χ0v) is 19.4. The fourth-order valence-corrected chi connectivity index (χ4v) is 8.46. The molecule has 160 valence electrons. The number of aliphatic hydroxyl groups excluding tert-OH is 1. The second-order valence-corrected chi connectivity index (χ2v) is 12.1. The normalized spacial score (nSPS) is 44.2. The molecule has 0 spiro atoms. The minimum Gasteiger partial charge on any atom is -0.393 e. The van der Waals surface area contributed by atoms with Crippen molar-refractivity contribution >= 4 is 0 Å². The molecule has 0 heterocycles. The maximum absolute atomic E-state index is 10.2. The van der Waals surface area contributed by atoms with E-state index in [1.54, 1.807) is 0 Å². The van der Waals surface area contributed by atoms with Crippen molar-refractivity contribution in [2.45, 2.75) is 118 Å². The predicted octanol–water partition coefficient (Wildman–Crippen LogP) is 7.53. The molecular weight excluding hydrogens is 340 g/mol. The standard InChI is InChI=1S/C27H46O/c1-18(2)7-6-8-19(3)23-11-12-24-22-10-9-20-17-21(28)13-15-26(20,4)25(22)14-16-27(23,24)5/h18-21,23-24,28H,6-17H2,1-5H3/t19-,20?,21?,23-,24+,26+,27-/m1/s1. The summed E-state index contributed by atoms with van der Waals surface area (Å²) in [5.41, 5.74) is 4.77. The molecule has 1 nitrogen and oxygen atoms in total. The van der Waals surface area contributed by atoms with Crippen LogP contribution in [0.15, 0.2) is 11.1 Å². The minimum atomic E-state index is -0.0309. The van der Waals surface area contributed by atoms with Gasteiger partial charge in [0.05, 0.1) is 6.10 Å². The first-order valence-electron chi connectivity index (χ1n) is 12.7. The lowest BCUT2D eigenvalue weighted by atomic mass is 9.50. The maximum Gasteiger partial charge on any atom is 0.0543 e. The van der Waals surface area contributed by atoms with Crippen LogP contribution in [0.4, 0.5) is 0 Å². The molecular formula is C27H46O. The number of rotatable bonds is 5. The number of hydrogen-bond donors (Lipinski definition) is 1. The Morgan fingerprint density at radius 2 is 1.75 bits per heavy atom. The average Bonchev–Trinajstić information content (AvgIpc) is 2.99. The molecule has 1 heteroatoms. The van der Waals surface area contributed by atoms with Gasteiger partial charge in [-0.1, -0.05) is 65.0 Å². The summed E-state index contributed by atoms with van der Waals surface area (Å²) in [7, 11) is 0. The highest BCUT2D eigenvalue weighted by atomic mass is 16.3. The van der Waals surface area contributed by atoms with Crippen molar-refractivity contribution in [3.8, 4) is 0 Å². The zero-order chi connectivity index (χ0) is 20.1. The van der Waals surface area contributed by atoms with Gasteiger partial charge >= 0.3 is 0 Å². The Morgan fingerprint density at radius 1 is 0.964 bits per heavy atom. The van der Waals surface area contributed by atoms with Gasteiger partial charge < -0.3 is 5.11 Å². The highest BCUT2D eigenvalue weighted by molar-refractivity contribution is 5.34. The van der Waals surface area contributed by atoms with Crippen LogP contribution in [0.2, 0.25) is 0 Å². The molecule has 0 amide bonds. The predicted molar refractivity (Wildman–Crippen MR) is 119 cm³/mol. The van der Waals surface area contributed by atoms with Gasteiger partial charge in [-0.25, -0.2) is 0 Å². The van der Waals surface area contributed by atoms with E-state index in [1.807, 2.05) is 11.1 Å². The molecule has 28 heavy (non-hydrogen) atoms. The van der Waals surface area contributed by atoms with E-state index in [-0.39, 0.29) is 6.10 Å². The van der Waals surface area contributed by atoms with Crippen molar-refractivity contribution in [1.29, 1.82) is 0 Å². The third kappa shape index (κ3) is 3.42. The minimum absolute atomic E-state index is 0.0309. The summed E-state index contributed by atoms with van der Waals surface area (Å²) in [6, 6.07) is 0. The number of hydrogen-bond acceptors (Lipinski definition) is 1. The first-order valence-corrected chi connectivity index (χ1v) is 12.7.